The summed E-state index contributed by atoms with van der Waals surface area (Å²) in [4.78, 5) is 20.1. The Labute approximate surface area is 143 Å². The van der Waals surface area contributed by atoms with E-state index in [1.807, 2.05) is 24.3 Å². The fourth-order valence-corrected chi connectivity index (χ4v) is 2.28. The van der Waals surface area contributed by atoms with Gasteiger partial charge in [0.1, 0.15) is 10.9 Å². The zero-order valence-electron chi connectivity index (χ0n) is 12.7. The molecular formula is C17H13ClN4O2. The van der Waals surface area contributed by atoms with E-state index < -0.39 is 0 Å². The summed E-state index contributed by atoms with van der Waals surface area (Å²) in [6, 6.07) is 10.6. The molecule has 2 heterocycles. The second-order valence-corrected chi connectivity index (χ2v) is 5.23. The zero-order valence-corrected chi connectivity index (χ0v) is 13.5. The largest absolute Gasteiger partial charge is 0.497 e. The molecule has 0 aliphatic carbocycles. The first-order valence-corrected chi connectivity index (χ1v) is 7.43. The van der Waals surface area contributed by atoms with Gasteiger partial charge in [-0.2, -0.15) is 5.10 Å². The Balaban J connectivity index is 1.81. The third-order valence-electron chi connectivity index (χ3n) is 3.30. The van der Waals surface area contributed by atoms with Gasteiger partial charge in [-0.3, -0.25) is 9.78 Å². The minimum Gasteiger partial charge on any atom is -0.497 e. The maximum atomic E-state index is 11.9. The van der Waals surface area contributed by atoms with Gasteiger partial charge in [0.25, 0.3) is 5.91 Å². The van der Waals surface area contributed by atoms with Gasteiger partial charge < -0.3 is 4.74 Å². The minimum atomic E-state index is -0.356. The van der Waals surface area contributed by atoms with Crippen molar-refractivity contribution in [3.63, 3.8) is 0 Å². The molecule has 1 amide bonds. The SMILES string of the molecule is COc1ccc2nc(Cl)c(/C=N\NC(=O)c3cccnc3)cc2c1. The molecule has 0 radical (unpaired) electrons. The number of methoxy groups -OCH3 is 1. The molecule has 1 aromatic carbocycles. The van der Waals surface area contributed by atoms with Gasteiger partial charge in [-0.15, -0.1) is 0 Å². The maximum absolute atomic E-state index is 11.9. The van der Waals surface area contributed by atoms with Gasteiger partial charge in [0.15, 0.2) is 0 Å². The standard InChI is InChI=1S/C17H13ClN4O2/c1-24-14-4-5-15-12(8-14)7-13(16(18)21-15)10-20-22-17(23)11-3-2-6-19-9-11/h2-10H,1H3,(H,22,23)/b20-10-. The van der Waals surface area contributed by atoms with Gasteiger partial charge in [0, 0.05) is 23.3 Å². The number of halogens is 1. The summed E-state index contributed by atoms with van der Waals surface area (Å²) < 4.78 is 5.20. The number of hydrogen-bond donors (Lipinski definition) is 1. The van der Waals surface area contributed by atoms with Crippen LogP contribution in [-0.4, -0.2) is 29.2 Å². The van der Waals surface area contributed by atoms with Crippen molar-refractivity contribution in [2.45, 2.75) is 0 Å². The number of benzene rings is 1. The van der Waals surface area contributed by atoms with Gasteiger partial charge >= 0.3 is 0 Å². The highest BCUT2D eigenvalue weighted by molar-refractivity contribution is 6.32. The highest BCUT2D eigenvalue weighted by atomic mass is 35.5. The van der Waals surface area contributed by atoms with E-state index in [0.717, 1.165) is 16.7 Å². The van der Waals surface area contributed by atoms with Crippen LogP contribution in [0.25, 0.3) is 10.9 Å². The second-order valence-electron chi connectivity index (χ2n) is 4.87. The lowest BCUT2D eigenvalue weighted by Gasteiger charge is -2.04. The number of hydrazone groups is 1. The Morgan fingerprint density at radius 2 is 2.21 bits per heavy atom. The number of pyridine rings is 2. The number of amides is 1. The fourth-order valence-electron chi connectivity index (χ4n) is 2.09. The monoisotopic (exact) mass is 340 g/mol. The summed E-state index contributed by atoms with van der Waals surface area (Å²) in [6.45, 7) is 0. The summed E-state index contributed by atoms with van der Waals surface area (Å²) in [6.07, 6.45) is 4.50. The topological polar surface area (TPSA) is 76.5 Å². The molecule has 0 saturated heterocycles. The summed E-state index contributed by atoms with van der Waals surface area (Å²) >= 11 is 6.15. The number of hydrogen-bond acceptors (Lipinski definition) is 5. The van der Waals surface area contributed by atoms with Crippen molar-refractivity contribution in [3.8, 4) is 5.75 Å². The van der Waals surface area contributed by atoms with E-state index in [1.165, 1.54) is 12.4 Å². The highest BCUT2D eigenvalue weighted by Crippen LogP contribution is 2.23. The lowest BCUT2D eigenvalue weighted by molar-refractivity contribution is 0.0955. The number of ether oxygens (including phenoxy) is 1. The van der Waals surface area contributed by atoms with Crippen molar-refractivity contribution in [2.75, 3.05) is 7.11 Å². The van der Waals surface area contributed by atoms with Crippen LogP contribution in [0.15, 0.2) is 53.9 Å². The van der Waals surface area contributed by atoms with Crippen LogP contribution in [0.5, 0.6) is 5.75 Å². The van der Waals surface area contributed by atoms with Crippen LogP contribution in [0.4, 0.5) is 0 Å². The number of carbonyl (C=O) groups excluding carboxylic acids is 1. The van der Waals surface area contributed by atoms with Gasteiger partial charge in [0.2, 0.25) is 0 Å². The Bertz CT molecular complexity index is 913. The Morgan fingerprint density at radius 1 is 1.33 bits per heavy atom. The molecule has 3 rings (SSSR count). The average Bonchev–Trinajstić information content (AvgIpc) is 2.62. The molecule has 0 bridgehead atoms. The Morgan fingerprint density at radius 3 is 2.96 bits per heavy atom. The predicted octanol–water partition coefficient (Wildman–Crippen LogP) is 3.06. The molecular weight excluding hydrogens is 328 g/mol. The normalized spacial score (nSPS) is 10.9. The van der Waals surface area contributed by atoms with Crippen molar-refractivity contribution in [1.82, 2.24) is 15.4 Å². The van der Waals surface area contributed by atoms with E-state index >= 15 is 0 Å². The average molecular weight is 341 g/mol. The van der Waals surface area contributed by atoms with Crippen LogP contribution < -0.4 is 10.2 Å². The van der Waals surface area contributed by atoms with Crippen LogP contribution in [0.1, 0.15) is 15.9 Å². The molecule has 2 aromatic heterocycles. The van der Waals surface area contributed by atoms with Gasteiger partial charge in [-0.05, 0) is 36.4 Å². The summed E-state index contributed by atoms with van der Waals surface area (Å²) in [5, 5.41) is 5.08. The van der Waals surface area contributed by atoms with Crippen molar-refractivity contribution in [1.29, 1.82) is 0 Å². The maximum Gasteiger partial charge on any atom is 0.272 e. The second kappa shape index (κ2) is 7.06. The molecule has 0 unspecified atom stereocenters. The zero-order chi connectivity index (χ0) is 16.9. The minimum absolute atomic E-state index is 0.298. The lowest BCUT2D eigenvalue weighted by atomic mass is 10.1. The molecule has 0 aliphatic rings. The first-order chi connectivity index (χ1) is 11.7. The molecule has 0 atom stereocenters. The number of aromatic nitrogens is 2. The molecule has 24 heavy (non-hydrogen) atoms. The van der Waals surface area contributed by atoms with Crippen LogP contribution in [-0.2, 0) is 0 Å². The Hall–Kier alpha value is -2.99. The van der Waals surface area contributed by atoms with Crippen molar-refractivity contribution in [3.05, 3.63) is 65.1 Å². The van der Waals surface area contributed by atoms with Gasteiger partial charge in [-0.1, -0.05) is 11.6 Å². The molecule has 0 fully saturated rings. The van der Waals surface area contributed by atoms with E-state index in [0.29, 0.717) is 16.3 Å². The number of rotatable bonds is 4. The van der Waals surface area contributed by atoms with E-state index in [-0.39, 0.29) is 5.91 Å². The number of nitrogens with zero attached hydrogens (tertiary/aromatic N) is 3. The van der Waals surface area contributed by atoms with E-state index in [1.54, 1.807) is 25.4 Å². The summed E-state index contributed by atoms with van der Waals surface area (Å²) in [5.41, 5.74) is 4.18. The molecule has 120 valence electrons. The van der Waals surface area contributed by atoms with Gasteiger partial charge in [0.05, 0.1) is 24.4 Å². The van der Waals surface area contributed by atoms with Gasteiger partial charge in [-0.25, -0.2) is 10.4 Å². The van der Waals surface area contributed by atoms with Crippen LogP contribution in [0.3, 0.4) is 0 Å². The van der Waals surface area contributed by atoms with E-state index in [9.17, 15) is 4.79 Å². The highest BCUT2D eigenvalue weighted by Gasteiger charge is 2.06. The van der Waals surface area contributed by atoms with E-state index in [2.05, 4.69) is 20.5 Å². The van der Waals surface area contributed by atoms with Crippen molar-refractivity contribution in [2.24, 2.45) is 5.10 Å². The Kier molecular flexibility index (Phi) is 4.67. The van der Waals surface area contributed by atoms with Crippen LogP contribution >= 0.6 is 11.6 Å². The molecule has 6 nitrogen and oxygen atoms in total. The number of carbonyl (C=O) groups is 1. The predicted molar refractivity (Wildman–Crippen MR) is 92.6 cm³/mol. The summed E-state index contributed by atoms with van der Waals surface area (Å²) in [5.74, 6) is 0.366. The molecule has 1 N–H and O–H groups in total. The molecule has 0 spiro atoms. The van der Waals surface area contributed by atoms with Crippen LogP contribution in [0, 0.1) is 0 Å². The van der Waals surface area contributed by atoms with E-state index in [4.69, 9.17) is 16.3 Å². The molecule has 3 aromatic rings. The first-order valence-electron chi connectivity index (χ1n) is 7.05. The fraction of sp³-hybridized carbons (Fsp3) is 0.0588. The number of fused-ring (bicyclic) bond motifs is 1. The third kappa shape index (κ3) is 3.49. The third-order valence-corrected chi connectivity index (χ3v) is 3.60. The molecule has 7 heteroatoms. The first kappa shape index (κ1) is 15.9. The van der Waals surface area contributed by atoms with Crippen LogP contribution in [0.2, 0.25) is 5.15 Å². The smallest absolute Gasteiger partial charge is 0.272 e. The van der Waals surface area contributed by atoms with Crippen molar-refractivity contribution < 1.29 is 9.53 Å². The summed E-state index contributed by atoms with van der Waals surface area (Å²) in [7, 11) is 1.60. The lowest BCUT2D eigenvalue weighted by Crippen LogP contribution is -2.17. The van der Waals surface area contributed by atoms with Crippen molar-refractivity contribution >= 4 is 34.6 Å². The number of nitrogens with one attached hydrogen (secondary N) is 1. The quantitative estimate of drug-likeness (QED) is 0.450. The molecule has 0 saturated carbocycles. The molecule has 0 aliphatic heterocycles.